The van der Waals surface area contributed by atoms with E-state index in [1.165, 1.54) is 5.56 Å². The molecule has 1 aromatic carbocycles. The van der Waals surface area contributed by atoms with E-state index in [4.69, 9.17) is 4.74 Å². The summed E-state index contributed by atoms with van der Waals surface area (Å²) in [7, 11) is 0. The van der Waals surface area contributed by atoms with Crippen molar-refractivity contribution in [2.75, 3.05) is 0 Å². The van der Waals surface area contributed by atoms with Gasteiger partial charge in [-0.15, -0.1) is 0 Å². The van der Waals surface area contributed by atoms with Gasteiger partial charge in [-0.3, -0.25) is 0 Å². The highest BCUT2D eigenvalue weighted by atomic mass is 79.9. The largest absolute Gasteiger partial charge is 0.438 e. The average molecular weight is 306 g/mol. The molecule has 94 valence electrons. The Balaban J connectivity index is 2.18. The first kappa shape index (κ1) is 13.1. The minimum absolute atomic E-state index is 0.531. The molecular formula is C15H16BrNO. The first-order valence-electron chi connectivity index (χ1n) is 5.96. The number of rotatable bonds is 3. The van der Waals surface area contributed by atoms with Gasteiger partial charge in [-0.1, -0.05) is 26.0 Å². The van der Waals surface area contributed by atoms with E-state index in [2.05, 4.69) is 46.9 Å². The highest BCUT2D eigenvalue weighted by Crippen LogP contribution is 2.28. The van der Waals surface area contributed by atoms with Gasteiger partial charge in [0.25, 0.3) is 0 Å². The predicted molar refractivity (Wildman–Crippen MR) is 77.3 cm³/mol. The minimum atomic E-state index is 0.531. The van der Waals surface area contributed by atoms with Gasteiger partial charge in [0.15, 0.2) is 0 Å². The number of hydrogen-bond donors (Lipinski definition) is 0. The quantitative estimate of drug-likeness (QED) is 0.790. The molecule has 0 atom stereocenters. The molecule has 18 heavy (non-hydrogen) atoms. The van der Waals surface area contributed by atoms with Crippen LogP contribution in [0.4, 0.5) is 0 Å². The fourth-order valence-corrected chi connectivity index (χ4v) is 2.17. The van der Waals surface area contributed by atoms with E-state index in [9.17, 15) is 0 Å². The van der Waals surface area contributed by atoms with Gasteiger partial charge in [-0.2, -0.15) is 0 Å². The van der Waals surface area contributed by atoms with Gasteiger partial charge in [-0.05, 0) is 58.1 Å². The molecule has 0 radical (unpaired) electrons. The Labute approximate surface area is 116 Å². The lowest BCUT2D eigenvalue weighted by Gasteiger charge is -2.09. The lowest BCUT2D eigenvalue weighted by Crippen LogP contribution is -1.91. The summed E-state index contributed by atoms with van der Waals surface area (Å²) in [6.07, 6.45) is 1.79. The summed E-state index contributed by atoms with van der Waals surface area (Å²) in [6, 6.07) is 10.1. The number of aromatic nitrogens is 1. The summed E-state index contributed by atoms with van der Waals surface area (Å²) in [5, 5.41) is 0. The number of aryl methyl sites for hydroxylation is 1. The Morgan fingerprint density at radius 3 is 2.39 bits per heavy atom. The second-order valence-corrected chi connectivity index (χ2v) is 5.48. The molecular weight excluding hydrogens is 290 g/mol. The van der Waals surface area contributed by atoms with E-state index < -0.39 is 0 Å². The van der Waals surface area contributed by atoms with Crippen molar-refractivity contribution < 1.29 is 4.74 Å². The lowest BCUT2D eigenvalue weighted by atomic mass is 10.0. The Bertz CT molecular complexity index is 535. The van der Waals surface area contributed by atoms with Gasteiger partial charge in [0, 0.05) is 6.20 Å². The van der Waals surface area contributed by atoms with Crippen molar-refractivity contribution in [3.8, 4) is 11.6 Å². The third-order valence-electron chi connectivity index (χ3n) is 2.71. The standard InChI is InChI=1S/C15H16BrNO/c1-10(2)12-4-6-13(7-5-12)18-15-14(16)8-11(3)9-17-15/h4-10H,1-3H3. The number of halogens is 1. The molecule has 0 saturated heterocycles. The highest BCUT2D eigenvalue weighted by molar-refractivity contribution is 9.10. The summed E-state index contributed by atoms with van der Waals surface area (Å²) in [5.41, 5.74) is 2.41. The van der Waals surface area contributed by atoms with Crippen molar-refractivity contribution in [3.05, 3.63) is 52.1 Å². The average Bonchev–Trinajstić information content (AvgIpc) is 2.33. The van der Waals surface area contributed by atoms with Crippen molar-refractivity contribution in [1.29, 1.82) is 0 Å². The molecule has 1 heterocycles. The number of hydrogen-bond acceptors (Lipinski definition) is 2. The number of nitrogens with zero attached hydrogens (tertiary/aromatic N) is 1. The normalized spacial score (nSPS) is 10.7. The maximum Gasteiger partial charge on any atom is 0.233 e. The van der Waals surface area contributed by atoms with Gasteiger partial charge in [0.2, 0.25) is 5.88 Å². The Hall–Kier alpha value is -1.35. The molecule has 1 aromatic heterocycles. The van der Waals surface area contributed by atoms with Crippen LogP contribution in [0.5, 0.6) is 11.6 Å². The van der Waals surface area contributed by atoms with Gasteiger partial charge in [0.1, 0.15) is 5.75 Å². The second kappa shape index (κ2) is 5.53. The molecule has 2 nitrogen and oxygen atoms in total. The molecule has 0 spiro atoms. The molecule has 0 aliphatic rings. The molecule has 2 aromatic rings. The first-order chi connectivity index (χ1) is 8.56. The maximum atomic E-state index is 5.74. The molecule has 0 aliphatic carbocycles. The minimum Gasteiger partial charge on any atom is -0.438 e. The van der Waals surface area contributed by atoms with Crippen LogP contribution < -0.4 is 4.74 Å². The molecule has 0 aliphatic heterocycles. The van der Waals surface area contributed by atoms with Crippen LogP contribution in [0.15, 0.2) is 41.0 Å². The van der Waals surface area contributed by atoms with Crippen LogP contribution in [0.2, 0.25) is 0 Å². The third kappa shape index (κ3) is 3.10. The SMILES string of the molecule is Cc1cnc(Oc2ccc(C(C)C)cc2)c(Br)c1. The van der Waals surface area contributed by atoms with Crippen LogP contribution in [-0.4, -0.2) is 4.98 Å². The van der Waals surface area contributed by atoms with Gasteiger partial charge >= 0.3 is 0 Å². The van der Waals surface area contributed by atoms with E-state index in [-0.39, 0.29) is 0 Å². The zero-order chi connectivity index (χ0) is 13.1. The zero-order valence-corrected chi connectivity index (χ0v) is 12.4. The van der Waals surface area contributed by atoms with Crippen LogP contribution in [0.3, 0.4) is 0 Å². The van der Waals surface area contributed by atoms with Crippen LogP contribution in [0.25, 0.3) is 0 Å². The van der Waals surface area contributed by atoms with Crippen LogP contribution in [-0.2, 0) is 0 Å². The zero-order valence-electron chi connectivity index (χ0n) is 10.8. The van der Waals surface area contributed by atoms with Crippen molar-refractivity contribution in [2.45, 2.75) is 26.7 Å². The van der Waals surface area contributed by atoms with Crippen LogP contribution in [0, 0.1) is 6.92 Å². The van der Waals surface area contributed by atoms with Crippen molar-refractivity contribution in [2.24, 2.45) is 0 Å². The molecule has 0 bridgehead atoms. The third-order valence-corrected chi connectivity index (χ3v) is 3.27. The van der Waals surface area contributed by atoms with Crippen molar-refractivity contribution in [3.63, 3.8) is 0 Å². The summed E-state index contributed by atoms with van der Waals surface area (Å²) >= 11 is 3.45. The molecule has 0 amide bonds. The maximum absolute atomic E-state index is 5.74. The summed E-state index contributed by atoms with van der Waals surface area (Å²) in [5.74, 6) is 1.93. The number of benzene rings is 1. The molecule has 0 N–H and O–H groups in total. The second-order valence-electron chi connectivity index (χ2n) is 4.63. The van der Waals surface area contributed by atoms with Crippen LogP contribution in [0.1, 0.15) is 30.9 Å². The Kier molecular flexibility index (Phi) is 4.02. The molecule has 0 unspecified atom stereocenters. The monoisotopic (exact) mass is 305 g/mol. The summed E-state index contributed by atoms with van der Waals surface area (Å²) < 4.78 is 6.61. The van der Waals surface area contributed by atoms with Crippen LogP contribution >= 0.6 is 15.9 Å². The smallest absolute Gasteiger partial charge is 0.233 e. The van der Waals surface area contributed by atoms with E-state index in [1.807, 2.05) is 25.1 Å². The van der Waals surface area contributed by atoms with Gasteiger partial charge < -0.3 is 4.74 Å². The van der Waals surface area contributed by atoms with E-state index >= 15 is 0 Å². The van der Waals surface area contributed by atoms with Gasteiger partial charge in [-0.25, -0.2) is 4.98 Å². The van der Waals surface area contributed by atoms with E-state index in [1.54, 1.807) is 6.20 Å². The molecule has 0 saturated carbocycles. The van der Waals surface area contributed by atoms with Gasteiger partial charge in [0.05, 0.1) is 4.47 Å². The lowest BCUT2D eigenvalue weighted by molar-refractivity contribution is 0.459. The molecule has 2 rings (SSSR count). The molecule has 3 heteroatoms. The topological polar surface area (TPSA) is 22.1 Å². The summed E-state index contributed by atoms with van der Waals surface area (Å²) in [6.45, 7) is 6.35. The number of ether oxygens (including phenoxy) is 1. The van der Waals surface area contributed by atoms with Crippen molar-refractivity contribution in [1.82, 2.24) is 4.98 Å². The fourth-order valence-electron chi connectivity index (χ4n) is 1.63. The van der Waals surface area contributed by atoms with E-state index in [0.29, 0.717) is 11.8 Å². The summed E-state index contributed by atoms with van der Waals surface area (Å²) in [4.78, 5) is 4.26. The predicted octanol–water partition coefficient (Wildman–Crippen LogP) is 5.07. The first-order valence-corrected chi connectivity index (χ1v) is 6.75. The Morgan fingerprint density at radius 2 is 1.83 bits per heavy atom. The molecule has 0 fully saturated rings. The highest BCUT2D eigenvalue weighted by Gasteiger charge is 2.05. The van der Waals surface area contributed by atoms with Crippen molar-refractivity contribution >= 4 is 15.9 Å². The fraction of sp³-hybridized carbons (Fsp3) is 0.267. The van der Waals surface area contributed by atoms with E-state index in [0.717, 1.165) is 15.8 Å². The number of pyridine rings is 1. The Morgan fingerprint density at radius 1 is 1.17 bits per heavy atom.